The smallest absolute Gasteiger partial charge is 0.137 e. The summed E-state index contributed by atoms with van der Waals surface area (Å²) in [7, 11) is 0. The molecular weight excluding hydrogens is 184 g/mol. The summed E-state index contributed by atoms with van der Waals surface area (Å²) in [6.07, 6.45) is 8.11. The lowest BCUT2D eigenvalue weighted by Crippen LogP contribution is -2.00. The molecule has 0 fully saturated rings. The summed E-state index contributed by atoms with van der Waals surface area (Å²) in [5.74, 6) is 3.48. The van der Waals surface area contributed by atoms with Crippen LogP contribution in [0.4, 0.5) is 0 Å². The molecule has 0 atom stereocenters. The van der Waals surface area contributed by atoms with Gasteiger partial charge >= 0.3 is 0 Å². The fourth-order valence-electron chi connectivity index (χ4n) is 1.50. The molecule has 0 aliphatic heterocycles. The Kier molecular flexibility index (Phi) is 4.00. The van der Waals surface area contributed by atoms with E-state index in [4.69, 9.17) is 11.2 Å². The number of ether oxygens (including phenoxy) is 1. The van der Waals surface area contributed by atoms with E-state index >= 15 is 0 Å². The lowest BCUT2D eigenvalue weighted by Gasteiger charge is -2.11. The number of terminal acetylenes is 1. The molecule has 0 spiro atoms. The summed E-state index contributed by atoms with van der Waals surface area (Å²) in [5, 5.41) is 0. The van der Waals surface area contributed by atoms with E-state index in [1.54, 1.807) is 0 Å². The average Bonchev–Trinajstić information content (AvgIpc) is 2.20. The minimum atomic E-state index is 0.627. The standard InChI is InChI=1S/C14H16O/c1-5-7-8-15-14-12(4)9-11(3)10-13(14)6-2/h2,5,9-10H,1,7-8H2,3-4H3. The second-order valence-electron chi connectivity index (χ2n) is 3.53. The van der Waals surface area contributed by atoms with Crippen molar-refractivity contribution in [1.29, 1.82) is 0 Å². The second-order valence-corrected chi connectivity index (χ2v) is 3.53. The predicted molar refractivity (Wildman–Crippen MR) is 64.2 cm³/mol. The van der Waals surface area contributed by atoms with Crippen molar-refractivity contribution < 1.29 is 4.74 Å². The molecule has 0 saturated heterocycles. The Hall–Kier alpha value is -1.68. The Morgan fingerprint density at radius 1 is 1.47 bits per heavy atom. The van der Waals surface area contributed by atoms with Crippen LogP contribution in [0.15, 0.2) is 24.8 Å². The summed E-state index contributed by atoms with van der Waals surface area (Å²) in [5.41, 5.74) is 3.08. The number of rotatable bonds is 4. The molecule has 0 unspecified atom stereocenters. The lowest BCUT2D eigenvalue weighted by atomic mass is 10.1. The minimum absolute atomic E-state index is 0.627. The molecule has 0 radical (unpaired) electrons. The first kappa shape index (κ1) is 11.4. The van der Waals surface area contributed by atoms with Gasteiger partial charge < -0.3 is 4.74 Å². The third-order valence-corrected chi connectivity index (χ3v) is 2.14. The number of benzene rings is 1. The van der Waals surface area contributed by atoms with E-state index in [2.05, 4.69) is 18.6 Å². The largest absolute Gasteiger partial charge is 0.492 e. The molecular formula is C14H16O. The molecule has 15 heavy (non-hydrogen) atoms. The Balaban J connectivity index is 2.95. The highest BCUT2D eigenvalue weighted by Gasteiger charge is 2.05. The van der Waals surface area contributed by atoms with Crippen LogP contribution >= 0.6 is 0 Å². The quantitative estimate of drug-likeness (QED) is 0.412. The van der Waals surface area contributed by atoms with Gasteiger partial charge in [0.15, 0.2) is 0 Å². The first-order valence-corrected chi connectivity index (χ1v) is 5.00. The van der Waals surface area contributed by atoms with Crippen LogP contribution in [-0.2, 0) is 0 Å². The van der Waals surface area contributed by atoms with Gasteiger partial charge in [0.25, 0.3) is 0 Å². The first-order chi connectivity index (χ1) is 7.19. The summed E-state index contributed by atoms with van der Waals surface area (Å²) >= 11 is 0. The van der Waals surface area contributed by atoms with Crippen LogP contribution in [0.2, 0.25) is 0 Å². The maximum atomic E-state index is 5.64. The molecule has 0 bridgehead atoms. The van der Waals surface area contributed by atoms with Gasteiger partial charge in [0.2, 0.25) is 0 Å². The van der Waals surface area contributed by atoms with E-state index in [0.717, 1.165) is 28.9 Å². The van der Waals surface area contributed by atoms with Gasteiger partial charge in [-0.15, -0.1) is 13.0 Å². The molecule has 0 amide bonds. The summed E-state index contributed by atoms with van der Waals surface area (Å²) in [4.78, 5) is 0. The molecule has 0 N–H and O–H groups in total. The van der Waals surface area contributed by atoms with Crippen LogP contribution in [0.5, 0.6) is 5.75 Å². The molecule has 1 aromatic rings. The van der Waals surface area contributed by atoms with Crippen LogP contribution in [0.25, 0.3) is 0 Å². The summed E-state index contributed by atoms with van der Waals surface area (Å²) < 4.78 is 5.64. The number of hydrogen-bond acceptors (Lipinski definition) is 1. The highest BCUT2D eigenvalue weighted by atomic mass is 16.5. The van der Waals surface area contributed by atoms with Gasteiger partial charge in [-0.25, -0.2) is 0 Å². The van der Waals surface area contributed by atoms with Crippen LogP contribution in [0.1, 0.15) is 23.1 Å². The summed E-state index contributed by atoms with van der Waals surface area (Å²) in [6.45, 7) is 8.32. The molecule has 0 aromatic heterocycles. The predicted octanol–water partition coefficient (Wildman–Crippen LogP) is 3.24. The molecule has 1 aromatic carbocycles. The van der Waals surface area contributed by atoms with Crippen molar-refractivity contribution in [3.63, 3.8) is 0 Å². The van der Waals surface area contributed by atoms with Crippen molar-refractivity contribution in [3.8, 4) is 18.1 Å². The van der Waals surface area contributed by atoms with Crippen molar-refractivity contribution in [2.45, 2.75) is 20.3 Å². The Morgan fingerprint density at radius 2 is 2.20 bits per heavy atom. The zero-order chi connectivity index (χ0) is 11.3. The molecule has 1 nitrogen and oxygen atoms in total. The highest BCUT2D eigenvalue weighted by molar-refractivity contribution is 5.51. The van der Waals surface area contributed by atoms with Crippen molar-refractivity contribution in [1.82, 2.24) is 0 Å². The van der Waals surface area contributed by atoms with Crippen molar-refractivity contribution in [2.24, 2.45) is 0 Å². The fraction of sp³-hybridized carbons (Fsp3) is 0.286. The molecule has 1 rings (SSSR count). The zero-order valence-corrected chi connectivity index (χ0v) is 9.34. The molecule has 1 heteroatoms. The van der Waals surface area contributed by atoms with Crippen LogP contribution < -0.4 is 4.74 Å². The van der Waals surface area contributed by atoms with Crippen molar-refractivity contribution in [2.75, 3.05) is 6.61 Å². The van der Waals surface area contributed by atoms with Gasteiger partial charge in [-0.1, -0.05) is 18.1 Å². The van der Waals surface area contributed by atoms with Crippen molar-refractivity contribution in [3.05, 3.63) is 41.5 Å². The SMILES string of the molecule is C#Cc1cc(C)cc(C)c1OCCC=C. The van der Waals surface area contributed by atoms with Crippen LogP contribution in [-0.4, -0.2) is 6.61 Å². The third kappa shape index (κ3) is 2.89. The maximum Gasteiger partial charge on any atom is 0.137 e. The van der Waals surface area contributed by atoms with E-state index in [9.17, 15) is 0 Å². The van der Waals surface area contributed by atoms with E-state index in [-0.39, 0.29) is 0 Å². The molecule has 78 valence electrons. The van der Waals surface area contributed by atoms with Gasteiger partial charge in [-0.3, -0.25) is 0 Å². The fourth-order valence-corrected chi connectivity index (χ4v) is 1.50. The Morgan fingerprint density at radius 3 is 2.80 bits per heavy atom. The van der Waals surface area contributed by atoms with Gasteiger partial charge in [-0.2, -0.15) is 0 Å². The molecule has 0 aliphatic carbocycles. The third-order valence-electron chi connectivity index (χ3n) is 2.14. The maximum absolute atomic E-state index is 5.64. The van der Waals surface area contributed by atoms with E-state index < -0.39 is 0 Å². The van der Waals surface area contributed by atoms with Gasteiger partial charge in [0.1, 0.15) is 5.75 Å². The normalized spacial score (nSPS) is 9.40. The second kappa shape index (κ2) is 5.26. The van der Waals surface area contributed by atoms with Crippen LogP contribution in [0.3, 0.4) is 0 Å². The van der Waals surface area contributed by atoms with Crippen molar-refractivity contribution >= 4 is 0 Å². The highest BCUT2D eigenvalue weighted by Crippen LogP contribution is 2.24. The Bertz CT molecular complexity index is 397. The lowest BCUT2D eigenvalue weighted by molar-refractivity contribution is 0.322. The van der Waals surface area contributed by atoms with Gasteiger partial charge in [0, 0.05) is 0 Å². The van der Waals surface area contributed by atoms with E-state index in [0.29, 0.717) is 6.61 Å². The molecule has 0 saturated carbocycles. The topological polar surface area (TPSA) is 9.23 Å². The molecule has 0 heterocycles. The minimum Gasteiger partial charge on any atom is -0.492 e. The number of aryl methyl sites for hydroxylation is 2. The first-order valence-electron chi connectivity index (χ1n) is 5.00. The van der Waals surface area contributed by atoms with Gasteiger partial charge in [0.05, 0.1) is 12.2 Å². The molecule has 0 aliphatic rings. The van der Waals surface area contributed by atoms with Crippen LogP contribution in [0, 0.1) is 26.2 Å². The Labute approximate surface area is 91.8 Å². The van der Waals surface area contributed by atoms with Gasteiger partial charge in [-0.05, 0) is 37.5 Å². The number of hydrogen-bond donors (Lipinski definition) is 0. The van der Waals surface area contributed by atoms with E-state index in [1.807, 2.05) is 26.0 Å². The van der Waals surface area contributed by atoms with E-state index in [1.165, 1.54) is 0 Å². The summed E-state index contributed by atoms with van der Waals surface area (Å²) in [6, 6.07) is 4.04. The zero-order valence-electron chi connectivity index (χ0n) is 9.34. The monoisotopic (exact) mass is 200 g/mol. The average molecular weight is 200 g/mol.